The standard InChI is InChI=1S/C17H14N4O/c1-9-12(7-18)16(17-14(20-9)4-5-15(17)22)10-2-3-13-11(6-10)8-19-21-13/h2-3,6,8,16,20H,4-5H2,1H3,(H,19,21). The number of dihydropyridines is 1. The Hall–Kier alpha value is -2.87. The molecule has 1 unspecified atom stereocenters. The number of nitrogens with one attached hydrogen (secondary N) is 2. The molecule has 2 heterocycles. The van der Waals surface area contributed by atoms with Gasteiger partial charge >= 0.3 is 0 Å². The van der Waals surface area contributed by atoms with E-state index < -0.39 is 0 Å². The molecule has 0 saturated carbocycles. The fourth-order valence-corrected chi connectivity index (χ4v) is 3.42. The van der Waals surface area contributed by atoms with E-state index in [1.165, 1.54) is 0 Å². The molecule has 0 saturated heterocycles. The van der Waals surface area contributed by atoms with E-state index in [0.717, 1.165) is 39.9 Å². The molecule has 2 N–H and O–H groups in total. The molecule has 1 aliphatic heterocycles. The summed E-state index contributed by atoms with van der Waals surface area (Å²) >= 11 is 0. The molecular weight excluding hydrogens is 276 g/mol. The fraction of sp³-hybridized carbons (Fsp3) is 0.235. The molecule has 0 spiro atoms. The van der Waals surface area contributed by atoms with E-state index in [9.17, 15) is 10.1 Å². The molecule has 1 atom stereocenters. The van der Waals surface area contributed by atoms with Crippen molar-refractivity contribution < 1.29 is 4.79 Å². The molecule has 2 aliphatic rings. The summed E-state index contributed by atoms with van der Waals surface area (Å²) in [7, 11) is 0. The van der Waals surface area contributed by atoms with E-state index in [0.29, 0.717) is 12.0 Å². The largest absolute Gasteiger partial charge is 0.361 e. The van der Waals surface area contributed by atoms with Crippen LogP contribution in [0, 0.1) is 11.3 Å². The number of aromatic amines is 1. The van der Waals surface area contributed by atoms with Gasteiger partial charge in [0, 0.05) is 28.8 Å². The molecule has 1 aromatic carbocycles. The van der Waals surface area contributed by atoms with Gasteiger partial charge in [0.1, 0.15) is 0 Å². The summed E-state index contributed by atoms with van der Waals surface area (Å²) in [6, 6.07) is 8.21. The summed E-state index contributed by atoms with van der Waals surface area (Å²) in [4.78, 5) is 12.3. The Bertz CT molecular complexity index is 910. The summed E-state index contributed by atoms with van der Waals surface area (Å²) in [5.41, 5.74) is 5.10. The van der Waals surface area contributed by atoms with Crippen LogP contribution in [0.4, 0.5) is 0 Å². The number of carbonyl (C=O) groups is 1. The average molecular weight is 290 g/mol. The Morgan fingerprint density at radius 2 is 2.23 bits per heavy atom. The van der Waals surface area contributed by atoms with Crippen LogP contribution >= 0.6 is 0 Å². The maximum Gasteiger partial charge on any atom is 0.161 e. The lowest BCUT2D eigenvalue weighted by molar-refractivity contribution is -0.115. The van der Waals surface area contributed by atoms with Gasteiger partial charge in [-0.25, -0.2) is 0 Å². The Morgan fingerprint density at radius 3 is 3.05 bits per heavy atom. The molecular formula is C17H14N4O. The summed E-state index contributed by atoms with van der Waals surface area (Å²) in [6.07, 6.45) is 3.01. The number of nitrogens with zero attached hydrogens (tertiary/aromatic N) is 2. The molecule has 1 aromatic heterocycles. The van der Waals surface area contributed by atoms with E-state index in [4.69, 9.17) is 0 Å². The second-order valence-corrected chi connectivity index (χ2v) is 5.74. The third-order valence-electron chi connectivity index (χ3n) is 4.47. The number of carbonyl (C=O) groups excluding carboxylic acids is 1. The van der Waals surface area contributed by atoms with E-state index in [2.05, 4.69) is 21.6 Å². The van der Waals surface area contributed by atoms with Crippen molar-refractivity contribution in [3.8, 4) is 6.07 Å². The SMILES string of the molecule is CC1=C(C#N)C(c2ccc3[nH]ncc3c2)C2=C(CCC2=O)N1. The van der Waals surface area contributed by atoms with Crippen LogP contribution in [0.25, 0.3) is 10.9 Å². The highest BCUT2D eigenvalue weighted by Gasteiger charge is 2.37. The number of aromatic nitrogens is 2. The number of ketones is 1. The van der Waals surface area contributed by atoms with Crippen molar-refractivity contribution in [2.24, 2.45) is 0 Å². The van der Waals surface area contributed by atoms with Gasteiger partial charge in [0.2, 0.25) is 0 Å². The normalized spacial score (nSPS) is 21.1. The predicted octanol–water partition coefficient (Wildman–Crippen LogP) is 2.66. The summed E-state index contributed by atoms with van der Waals surface area (Å²) in [6.45, 7) is 1.90. The fourth-order valence-electron chi connectivity index (χ4n) is 3.42. The van der Waals surface area contributed by atoms with Crippen molar-refractivity contribution >= 4 is 16.7 Å². The van der Waals surface area contributed by atoms with E-state index in [-0.39, 0.29) is 11.7 Å². The first kappa shape index (κ1) is 12.8. The maximum absolute atomic E-state index is 12.3. The average Bonchev–Trinajstić information content (AvgIpc) is 3.12. The van der Waals surface area contributed by atoms with Crippen molar-refractivity contribution in [1.29, 1.82) is 5.26 Å². The number of hydrogen-bond acceptors (Lipinski definition) is 4. The summed E-state index contributed by atoms with van der Waals surface area (Å²) in [5, 5.41) is 20.7. The minimum Gasteiger partial charge on any atom is -0.361 e. The molecule has 0 bridgehead atoms. The highest BCUT2D eigenvalue weighted by Crippen LogP contribution is 2.42. The van der Waals surface area contributed by atoms with Crippen LogP contribution in [-0.2, 0) is 4.79 Å². The van der Waals surface area contributed by atoms with Crippen molar-refractivity contribution in [3.05, 3.63) is 52.5 Å². The third kappa shape index (κ3) is 1.70. The van der Waals surface area contributed by atoms with Crippen LogP contribution in [0.3, 0.4) is 0 Å². The monoisotopic (exact) mass is 290 g/mol. The molecule has 108 valence electrons. The number of nitriles is 1. The Labute approximate surface area is 127 Å². The van der Waals surface area contributed by atoms with Crippen LogP contribution in [0.15, 0.2) is 46.9 Å². The topological polar surface area (TPSA) is 81.6 Å². The maximum atomic E-state index is 12.3. The molecule has 5 nitrogen and oxygen atoms in total. The number of hydrogen-bond donors (Lipinski definition) is 2. The van der Waals surface area contributed by atoms with Crippen molar-refractivity contribution in [1.82, 2.24) is 15.5 Å². The molecule has 4 rings (SSSR count). The van der Waals surface area contributed by atoms with Crippen molar-refractivity contribution in [2.75, 3.05) is 0 Å². The van der Waals surface area contributed by atoms with Crippen LogP contribution < -0.4 is 5.32 Å². The van der Waals surface area contributed by atoms with E-state index >= 15 is 0 Å². The van der Waals surface area contributed by atoms with E-state index in [1.54, 1.807) is 6.20 Å². The minimum absolute atomic E-state index is 0.139. The molecule has 0 amide bonds. The first-order valence-corrected chi connectivity index (χ1v) is 7.26. The number of benzene rings is 1. The van der Waals surface area contributed by atoms with Gasteiger partial charge in [0.25, 0.3) is 0 Å². The second kappa shape index (κ2) is 4.57. The quantitative estimate of drug-likeness (QED) is 0.846. The smallest absolute Gasteiger partial charge is 0.161 e. The molecule has 2 aromatic rings. The summed E-state index contributed by atoms with van der Waals surface area (Å²) in [5.74, 6) is -0.129. The van der Waals surface area contributed by atoms with Crippen LogP contribution in [-0.4, -0.2) is 16.0 Å². The molecule has 1 aliphatic carbocycles. The predicted molar refractivity (Wildman–Crippen MR) is 81.6 cm³/mol. The van der Waals surface area contributed by atoms with Gasteiger partial charge in [0.05, 0.1) is 29.3 Å². The minimum atomic E-state index is -0.268. The molecule has 5 heteroatoms. The molecule has 0 radical (unpaired) electrons. The van der Waals surface area contributed by atoms with Crippen molar-refractivity contribution in [3.63, 3.8) is 0 Å². The van der Waals surface area contributed by atoms with Gasteiger partial charge in [-0.2, -0.15) is 10.4 Å². The summed E-state index contributed by atoms with van der Waals surface area (Å²) < 4.78 is 0. The lowest BCUT2D eigenvalue weighted by Gasteiger charge is -2.26. The second-order valence-electron chi connectivity index (χ2n) is 5.74. The Morgan fingerprint density at radius 1 is 1.36 bits per heavy atom. The number of Topliss-reactive ketones (excluding diaryl/α,β-unsaturated/α-hetero) is 1. The zero-order valence-corrected chi connectivity index (χ0v) is 12.1. The molecule has 0 fully saturated rings. The van der Waals surface area contributed by atoms with Crippen LogP contribution in [0.2, 0.25) is 0 Å². The van der Waals surface area contributed by atoms with Gasteiger partial charge in [-0.1, -0.05) is 6.07 Å². The number of allylic oxidation sites excluding steroid dienone is 4. The third-order valence-corrected chi connectivity index (χ3v) is 4.47. The zero-order valence-electron chi connectivity index (χ0n) is 12.1. The lowest BCUT2D eigenvalue weighted by Crippen LogP contribution is -2.24. The van der Waals surface area contributed by atoms with Crippen LogP contribution in [0.5, 0.6) is 0 Å². The first-order valence-electron chi connectivity index (χ1n) is 7.26. The zero-order chi connectivity index (χ0) is 15.3. The van der Waals surface area contributed by atoms with Crippen LogP contribution in [0.1, 0.15) is 31.2 Å². The molecule has 22 heavy (non-hydrogen) atoms. The van der Waals surface area contributed by atoms with Gasteiger partial charge in [-0.05, 0) is 31.0 Å². The number of H-pyrrole nitrogens is 1. The first-order chi connectivity index (χ1) is 10.7. The highest BCUT2D eigenvalue weighted by atomic mass is 16.1. The Balaban J connectivity index is 1.93. The van der Waals surface area contributed by atoms with Gasteiger partial charge in [-0.15, -0.1) is 0 Å². The van der Waals surface area contributed by atoms with Gasteiger partial charge < -0.3 is 5.32 Å². The Kier molecular flexibility index (Phi) is 2.67. The number of fused-ring (bicyclic) bond motifs is 1. The van der Waals surface area contributed by atoms with E-state index in [1.807, 2.05) is 25.1 Å². The van der Waals surface area contributed by atoms with Gasteiger partial charge in [-0.3, -0.25) is 9.89 Å². The highest BCUT2D eigenvalue weighted by molar-refractivity contribution is 6.01. The van der Waals surface area contributed by atoms with Crippen molar-refractivity contribution in [2.45, 2.75) is 25.7 Å². The lowest BCUT2D eigenvalue weighted by atomic mass is 9.81. The number of rotatable bonds is 1. The van der Waals surface area contributed by atoms with Gasteiger partial charge in [0.15, 0.2) is 5.78 Å².